The van der Waals surface area contributed by atoms with Crippen LogP contribution in [-0.2, 0) is 6.54 Å². The Hall–Kier alpha value is -2.21. The average Bonchev–Trinajstić information content (AvgIpc) is 2.45. The molecular formula is C14H11ClF2N2O2. The summed E-state index contributed by atoms with van der Waals surface area (Å²) in [6.07, 6.45) is 1.41. The minimum atomic E-state index is -2.92. The molecule has 0 saturated carbocycles. The molecule has 4 nitrogen and oxygen atoms in total. The van der Waals surface area contributed by atoms with Crippen LogP contribution in [0.5, 0.6) is 5.75 Å². The second-order valence-electron chi connectivity index (χ2n) is 4.03. The lowest BCUT2D eigenvalue weighted by atomic mass is 10.2. The van der Waals surface area contributed by atoms with Gasteiger partial charge in [-0.25, -0.2) is 0 Å². The quantitative estimate of drug-likeness (QED) is 0.922. The van der Waals surface area contributed by atoms with Gasteiger partial charge in [-0.2, -0.15) is 8.78 Å². The van der Waals surface area contributed by atoms with Crippen LogP contribution in [0, 0.1) is 0 Å². The van der Waals surface area contributed by atoms with E-state index in [-0.39, 0.29) is 18.0 Å². The van der Waals surface area contributed by atoms with Gasteiger partial charge in [-0.05, 0) is 18.2 Å². The third-order valence-corrected chi connectivity index (χ3v) is 2.82. The van der Waals surface area contributed by atoms with E-state index in [4.69, 9.17) is 11.6 Å². The second kappa shape index (κ2) is 6.99. The number of ether oxygens (including phenoxy) is 1. The first kappa shape index (κ1) is 15.2. The number of benzene rings is 1. The number of pyridine rings is 1. The van der Waals surface area contributed by atoms with E-state index in [9.17, 15) is 13.6 Å². The molecule has 110 valence electrons. The molecule has 1 heterocycles. The van der Waals surface area contributed by atoms with Crippen LogP contribution in [0.25, 0.3) is 0 Å². The second-order valence-corrected chi connectivity index (χ2v) is 4.46. The number of hydrogen-bond acceptors (Lipinski definition) is 3. The van der Waals surface area contributed by atoms with Crippen LogP contribution in [0.1, 0.15) is 16.1 Å². The van der Waals surface area contributed by atoms with Crippen molar-refractivity contribution < 1.29 is 18.3 Å². The number of nitrogens with one attached hydrogen (secondary N) is 1. The summed E-state index contributed by atoms with van der Waals surface area (Å²) < 4.78 is 28.9. The smallest absolute Gasteiger partial charge is 0.387 e. The van der Waals surface area contributed by atoms with Crippen molar-refractivity contribution in [2.45, 2.75) is 13.2 Å². The van der Waals surface area contributed by atoms with Crippen LogP contribution in [-0.4, -0.2) is 17.5 Å². The van der Waals surface area contributed by atoms with Gasteiger partial charge in [0.15, 0.2) is 0 Å². The van der Waals surface area contributed by atoms with Gasteiger partial charge >= 0.3 is 6.61 Å². The predicted molar refractivity (Wildman–Crippen MR) is 73.5 cm³/mol. The van der Waals surface area contributed by atoms with Crippen molar-refractivity contribution in [1.29, 1.82) is 0 Å². The van der Waals surface area contributed by atoms with E-state index in [0.29, 0.717) is 10.6 Å². The lowest BCUT2D eigenvalue weighted by molar-refractivity contribution is -0.0504. The molecule has 0 fully saturated rings. The molecule has 2 aromatic rings. The van der Waals surface area contributed by atoms with Crippen molar-refractivity contribution >= 4 is 17.5 Å². The number of hydrogen-bond donors (Lipinski definition) is 1. The highest BCUT2D eigenvalue weighted by Crippen LogP contribution is 2.20. The van der Waals surface area contributed by atoms with Gasteiger partial charge in [0.25, 0.3) is 5.91 Å². The highest BCUT2D eigenvalue weighted by atomic mass is 35.5. The van der Waals surface area contributed by atoms with Gasteiger partial charge in [0.05, 0.1) is 0 Å². The molecule has 0 aliphatic heterocycles. The summed E-state index contributed by atoms with van der Waals surface area (Å²) in [4.78, 5) is 15.8. The maximum atomic E-state index is 12.3. The monoisotopic (exact) mass is 312 g/mol. The SMILES string of the molecule is O=C(NCc1ccccc1OC(F)F)c1cc(Cl)ccn1. The number of halogens is 3. The van der Waals surface area contributed by atoms with Crippen molar-refractivity contribution in [2.75, 3.05) is 0 Å². The Labute approximate surface area is 124 Å². The van der Waals surface area contributed by atoms with Crippen molar-refractivity contribution in [2.24, 2.45) is 0 Å². The minimum Gasteiger partial charge on any atom is -0.434 e. The van der Waals surface area contributed by atoms with Crippen LogP contribution in [0.15, 0.2) is 42.6 Å². The molecule has 0 spiro atoms. The molecule has 21 heavy (non-hydrogen) atoms. The van der Waals surface area contributed by atoms with Crippen LogP contribution in [0.2, 0.25) is 5.02 Å². The molecule has 2 rings (SSSR count). The number of para-hydroxylation sites is 1. The van der Waals surface area contributed by atoms with Crippen LogP contribution >= 0.6 is 11.6 Å². The Kier molecular flexibility index (Phi) is 5.05. The standard InChI is InChI=1S/C14H11ClF2N2O2/c15-10-5-6-18-11(7-10)13(20)19-8-9-3-1-2-4-12(9)21-14(16)17/h1-7,14H,8H2,(H,19,20). The fraction of sp³-hybridized carbons (Fsp3) is 0.143. The number of aromatic nitrogens is 1. The summed E-state index contributed by atoms with van der Waals surface area (Å²) >= 11 is 5.77. The van der Waals surface area contributed by atoms with E-state index >= 15 is 0 Å². The molecule has 0 aliphatic rings. The first-order valence-corrected chi connectivity index (χ1v) is 6.36. The Balaban J connectivity index is 2.04. The number of nitrogens with zero attached hydrogens (tertiary/aromatic N) is 1. The largest absolute Gasteiger partial charge is 0.434 e. The van der Waals surface area contributed by atoms with Gasteiger partial charge in [-0.15, -0.1) is 0 Å². The summed E-state index contributed by atoms with van der Waals surface area (Å²) in [5.41, 5.74) is 0.586. The molecule has 0 radical (unpaired) electrons. The molecule has 1 N–H and O–H groups in total. The number of rotatable bonds is 5. The maximum Gasteiger partial charge on any atom is 0.387 e. The first-order valence-electron chi connectivity index (χ1n) is 5.98. The molecule has 1 aromatic carbocycles. The zero-order valence-electron chi connectivity index (χ0n) is 10.7. The van der Waals surface area contributed by atoms with E-state index < -0.39 is 12.5 Å². The lowest BCUT2D eigenvalue weighted by Crippen LogP contribution is -2.24. The summed E-state index contributed by atoms with van der Waals surface area (Å²) in [6.45, 7) is -2.88. The zero-order chi connectivity index (χ0) is 15.2. The average molecular weight is 313 g/mol. The van der Waals surface area contributed by atoms with Crippen molar-refractivity contribution in [3.05, 3.63) is 58.9 Å². The number of carbonyl (C=O) groups excluding carboxylic acids is 1. The predicted octanol–water partition coefficient (Wildman–Crippen LogP) is 3.27. The fourth-order valence-electron chi connectivity index (χ4n) is 1.66. The lowest BCUT2D eigenvalue weighted by Gasteiger charge is -2.11. The van der Waals surface area contributed by atoms with E-state index in [1.165, 1.54) is 18.3 Å². The normalized spacial score (nSPS) is 10.5. The molecule has 0 aliphatic carbocycles. The Morgan fingerprint density at radius 2 is 2.10 bits per heavy atom. The zero-order valence-corrected chi connectivity index (χ0v) is 11.5. The van der Waals surface area contributed by atoms with Crippen LogP contribution in [0.3, 0.4) is 0 Å². The Morgan fingerprint density at radius 1 is 1.33 bits per heavy atom. The third-order valence-electron chi connectivity index (χ3n) is 2.58. The summed E-state index contributed by atoms with van der Waals surface area (Å²) in [6, 6.07) is 9.19. The van der Waals surface area contributed by atoms with E-state index in [1.807, 2.05) is 0 Å². The number of carbonyl (C=O) groups is 1. The number of amides is 1. The third kappa shape index (κ3) is 4.39. The van der Waals surface area contributed by atoms with E-state index in [1.54, 1.807) is 24.3 Å². The fourth-order valence-corrected chi connectivity index (χ4v) is 1.82. The van der Waals surface area contributed by atoms with E-state index in [0.717, 1.165) is 0 Å². The van der Waals surface area contributed by atoms with Gasteiger partial charge in [-0.3, -0.25) is 9.78 Å². The van der Waals surface area contributed by atoms with Gasteiger partial charge in [0.1, 0.15) is 11.4 Å². The Morgan fingerprint density at radius 3 is 2.81 bits per heavy atom. The Bertz CT molecular complexity index is 638. The highest BCUT2D eigenvalue weighted by Gasteiger charge is 2.11. The van der Waals surface area contributed by atoms with Gasteiger partial charge < -0.3 is 10.1 Å². The molecule has 0 bridgehead atoms. The first-order chi connectivity index (χ1) is 10.1. The summed E-state index contributed by atoms with van der Waals surface area (Å²) in [5.74, 6) is -0.434. The molecule has 1 amide bonds. The van der Waals surface area contributed by atoms with E-state index in [2.05, 4.69) is 15.0 Å². The maximum absolute atomic E-state index is 12.3. The molecule has 7 heteroatoms. The van der Waals surface area contributed by atoms with Crippen molar-refractivity contribution in [3.8, 4) is 5.75 Å². The highest BCUT2D eigenvalue weighted by molar-refractivity contribution is 6.30. The number of alkyl halides is 2. The van der Waals surface area contributed by atoms with Gasteiger partial charge in [-0.1, -0.05) is 29.8 Å². The van der Waals surface area contributed by atoms with Gasteiger partial charge in [0, 0.05) is 23.3 Å². The molecular weight excluding hydrogens is 302 g/mol. The molecule has 1 aromatic heterocycles. The van der Waals surface area contributed by atoms with Crippen molar-refractivity contribution in [1.82, 2.24) is 10.3 Å². The van der Waals surface area contributed by atoms with Gasteiger partial charge in [0.2, 0.25) is 0 Å². The molecule has 0 unspecified atom stereocenters. The topological polar surface area (TPSA) is 51.2 Å². The molecule has 0 atom stereocenters. The van der Waals surface area contributed by atoms with Crippen LogP contribution in [0.4, 0.5) is 8.78 Å². The summed E-state index contributed by atoms with van der Waals surface area (Å²) in [7, 11) is 0. The molecule has 0 saturated heterocycles. The van der Waals surface area contributed by atoms with Crippen LogP contribution < -0.4 is 10.1 Å². The summed E-state index contributed by atoms with van der Waals surface area (Å²) in [5, 5.41) is 2.96. The van der Waals surface area contributed by atoms with Crippen molar-refractivity contribution in [3.63, 3.8) is 0 Å². The minimum absolute atomic E-state index is 0.0202.